The van der Waals surface area contributed by atoms with Crippen LogP contribution in [0, 0.1) is 0 Å². The normalized spacial score (nSPS) is 17.3. The molecule has 3 atom stereocenters. The Balaban J connectivity index is 1.73. The topological polar surface area (TPSA) is 130 Å². The number of nitrogens with zero attached hydrogens (tertiary/aromatic N) is 1. The molecule has 3 amide bonds. The minimum atomic E-state index is -3.55. The lowest BCUT2D eigenvalue weighted by atomic mass is 9.78. The Kier molecular flexibility index (Phi) is 8.84. The summed E-state index contributed by atoms with van der Waals surface area (Å²) in [6, 6.07) is 30.6. The number of hydrogen-bond donors (Lipinski definition) is 2. The van der Waals surface area contributed by atoms with Crippen molar-refractivity contribution in [1.29, 1.82) is 0 Å². The minimum absolute atomic E-state index is 0.122. The molecule has 1 unspecified atom stereocenters. The van der Waals surface area contributed by atoms with Gasteiger partial charge in [-0.1, -0.05) is 116 Å². The van der Waals surface area contributed by atoms with E-state index in [9.17, 15) is 24.3 Å². The number of hydrogen-bond acceptors (Lipinski definition) is 7. The van der Waals surface area contributed by atoms with Gasteiger partial charge >= 0.3 is 5.97 Å². The van der Waals surface area contributed by atoms with E-state index in [-0.39, 0.29) is 29.4 Å². The lowest BCUT2D eigenvalue weighted by Gasteiger charge is -2.46. The van der Waals surface area contributed by atoms with E-state index in [1.807, 2.05) is 54.6 Å². The van der Waals surface area contributed by atoms with E-state index in [4.69, 9.17) is 4.74 Å². The molecule has 4 aromatic rings. The van der Waals surface area contributed by atoms with Gasteiger partial charge in [-0.3, -0.25) is 24.1 Å². The highest BCUT2D eigenvalue weighted by molar-refractivity contribution is 7.96. The molecule has 0 bridgehead atoms. The predicted octanol–water partition coefficient (Wildman–Crippen LogP) is 2.76. The second kappa shape index (κ2) is 13.0. The third-order valence-electron chi connectivity index (χ3n) is 8.85. The number of β-lactam (4-membered cyclic amide) rings is 1. The zero-order chi connectivity index (χ0) is 34.1. The average molecular weight is 661 g/mol. The second-order valence-electron chi connectivity index (χ2n) is 11.6. The van der Waals surface area contributed by atoms with Crippen LogP contribution in [0.2, 0.25) is 0 Å². The van der Waals surface area contributed by atoms with E-state index in [0.717, 1.165) is 4.90 Å². The molecule has 0 aliphatic carbocycles. The molecule has 6 rings (SSSR count). The SMILES string of the molecule is C=CCOC(=O)C(C(O)(C(=O)[C@H](C)N1C(=O)c2ccccc2C1=O)[C@H]1CC(=O)N1)=P(c1ccccc1)(c1ccccc1)c1ccccc1. The summed E-state index contributed by atoms with van der Waals surface area (Å²) in [5, 5.41) is 17.5. The Hall–Kier alpha value is -5.37. The molecule has 2 heterocycles. The highest BCUT2D eigenvalue weighted by Crippen LogP contribution is 2.50. The number of amides is 3. The molecule has 9 nitrogen and oxygen atoms in total. The van der Waals surface area contributed by atoms with Crippen LogP contribution in [-0.4, -0.2) is 69.1 Å². The number of ether oxygens (including phenoxy) is 1. The smallest absolute Gasteiger partial charge is 0.338 e. The van der Waals surface area contributed by atoms with Gasteiger partial charge in [0.2, 0.25) is 5.91 Å². The van der Waals surface area contributed by atoms with Crippen molar-refractivity contribution < 1.29 is 33.8 Å². The Morgan fingerprint density at radius 3 is 1.67 bits per heavy atom. The van der Waals surface area contributed by atoms with Crippen LogP contribution in [0.25, 0.3) is 0 Å². The van der Waals surface area contributed by atoms with E-state index in [0.29, 0.717) is 15.9 Å². The maximum atomic E-state index is 15.1. The van der Waals surface area contributed by atoms with Crippen LogP contribution < -0.4 is 21.2 Å². The number of carbonyl (C=O) groups excluding carboxylic acids is 5. The Labute approximate surface area is 277 Å². The van der Waals surface area contributed by atoms with Gasteiger partial charge < -0.3 is 15.2 Å². The first-order chi connectivity index (χ1) is 23.2. The van der Waals surface area contributed by atoms with Gasteiger partial charge in [0.05, 0.1) is 34.9 Å². The van der Waals surface area contributed by atoms with Gasteiger partial charge in [-0.05, 0) is 41.9 Å². The van der Waals surface area contributed by atoms with Crippen LogP contribution in [-0.2, 0) is 19.1 Å². The van der Waals surface area contributed by atoms with Crippen LogP contribution in [0.3, 0.4) is 0 Å². The molecule has 2 aliphatic rings. The summed E-state index contributed by atoms with van der Waals surface area (Å²) in [6.07, 6.45) is 1.07. The zero-order valence-electron chi connectivity index (χ0n) is 26.1. The fraction of sp³-hybridized carbons (Fsp3) is 0.158. The summed E-state index contributed by atoms with van der Waals surface area (Å²) in [7, 11) is 0. The second-order valence-corrected chi connectivity index (χ2v) is 14.9. The summed E-state index contributed by atoms with van der Waals surface area (Å²) >= 11 is 0. The first-order valence-corrected chi connectivity index (χ1v) is 17.2. The first kappa shape index (κ1) is 32.6. The number of aliphatic hydroxyl groups is 1. The van der Waals surface area contributed by atoms with Crippen LogP contribution in [0.5, 0.6) is 0 Å². The highest BCUT2D eigenvalue weighted by atomic mass is 31.2. The Morgan fingerprint density at radius 2 is 1.27 bits per heavy atom. The minimum Gasteiger partial charge on any atom is -0.458 e. The molecule has 10 heteroatoms. The number of nitrogens with one attached hydrogen (secondary N) is 1. The Morgan fingerprint density at radius 1 is 0.854 bits per heavy atom. The number of Topliss-reactive ketones (excluding diaryl/α,β-unsaturated/α-hetero) is 1. The largest absolute Gasteiger partial charge is 0.458 e. The number of esters is 1. The number of rotatable bonds is 11. The molecule has 0 saturated carbocycles. The van der Waals surface area contributed by atoms with Gasteiger partial charge in [0.15, 0.2) is 11.4 Å². The number of imide groups is 1. The average Bonchev–Trinajstić information content (AvgIpc) is 3.37. The van der Waals surface area contributed by atoms with Crippen molar-refractivity contribution in [3.8, 4) is 0 Å². The summed E-state index contributed by atoms with van der Waals surface area (Å²) in [6.45, 7) is 1.22. The van der Waals surface area contributed by atoms with E-state index < -0.39 is 54.0 Å². The lowest BCUT2D eigenvalue weighted by molar-refractivity contribution is -0.147. The molecule has 4 aromatic carbocycles. The van der Waals surface area contributed by atoms with Crippen molar-refractivity contribution in [3.05, 3.63) is 139 Å². The molecular weight excluding hydrogens is 627 g/mol. The molecule has 1 saturated heterocycles. The van der Waals surface area contributed by atoms with Crippen LogP contribution in [0.1, 0.15) is 34.1 Å². The van der Waals surface area contributed by atoms with Crippen LogP contribution >= 0.6 is 6.89 Å². The number of benzene rings is 4. The van der Waals surface area contributed by atoms with Gasteiger partial charge in [0.1, 0.15) is 6.61 Å². The maximum Gasteiger partial charge on any atom is 0.338 e. The van der Waals surface area contributed by atoms with Crippen LogP contribution in [0.15, 0.2) is 128 Å². The van der Waals surface area contributed by atoms with E-state index in [2.05, 4.69) is 11.9 Å². The summed E-state index contributed by atoms with van der Waals surface area (Å²) < 4.78 is 5.73. The first-order valence-electron chi connectivity index (χ1n) is 15.4. The van der Waals surface area contributed by atoms with Crippen LogP contribution in [0.4, 0.5) is 0 Å². The van der Waals surface area contributed by atoms with Gasteiger partial charge in [-0.2, -0.15) is 0 Å². The van der Waals surface area contributed by atoms with Gasteiger partial charge in [-0.15, -0.1) is 0 Å². The van der Waals surface area contributed by atoms with Gasteiger partial charge in [-0.25, -0.2) is 4.79 Å². The summed E-state index contributed by atoms with van der Waals surface area (Å²) in [5.41, 5.74) is -2.51. The maximum absolute atomic E-state index is 15.1. The lowest BCUT2D eigenvalue weighted by Crippen LogP contribution is -2.72. The van der Waals surface area contributed by atoms with E-state index in [1.54, 1.807) is 48.5 Å². The van der Waals surface area contributed by atoms with Gasteiger partial charge in [0.25, 0.3) is 11.8 Å². The standard InChI is InChI=1S/C38H33N2O7P/c1-3-23-47-37(45)34(48(26-15-7-4-8-16-26,27-17-9-5-10-18-27)28-19-11-6-12-20-28)38(46,31-24-32(41)39-31)33(42)25(2)40-35(43)29-21-13-14-22-30(29)36(40)44/h3-22,25,31,46H,1,23-24H2,2H3,(H,39,41)/t25-,31+,38?/m0/s1. The fourth-order valence-corrected chi connectivity index (χ4v) is 11.2. The van der Waals surface area contributed by atoms with E-state index >= 15 is 4.79 Å². The highest BCUT2D eigenvalue weighted by Gasteiger charge is 2.60. The molecule has 242 valence electrons. The fourth-order valence-electron chi connectivity index (χ4n) is 6.60. The summed E-state index contributed by atoms with van der Waals surface area (Å²) in [4.78, 5) is 70.3. The zero-order valence-corrected chi connectivity index (χ0v) is 27.0. The molecular formula is C38H33N2O7P. The molecule has 2 aliphatic heterocycles. The quantitative estimate of drug-likeness (QED) is 0.0833. The van der Waals surface area contributed by atoms with Crippen molar-refractivity contribution in [1.82, 2.24) is 10.2 Å². The monoisotopic (exact) mass is 660 g/mol. The van der Waals surface area contributed by atoms with Crippen molar-refractivity contribution >= 4 is 57.6 Å². The molecule has 2 N–H and O–H groups in total. The Bertz CT molecular complexity index is 1850. The third-order valence-corrected chi connectivity index (χ3v) is 13.3. The molecule has 48 heavy (non-hydrogen) atoms. The number of ketones is 1. The van der Waals surface area contributed by atoms with Crippen molar-refractivity contribution in [3.63, 3.8) is 0 Å². The van der Waals surface area contributed by atoms with Gasteiger partial charge in [0, 0.05) is 0 Å². The van der Waals surface area contributed by atoms with E-state index in [1.165, 1.54) is 25.1 Å². The predicted molar refractivity (Wildman–Crippen MR) is 184 cm³/mol. The molecule has 0 radical (unpaired) electrons. The molecule has 1 fully saturated rings. The van der Waals surface area contributed by atoms with Crippen molar-refractivity contribution in [2.75, 3.05) is 6.61 Å². The molecule has 0 spiro atoms. The number of carbonyl (C=O) groups is 5. The van der Waals surface area contributed by atoms with Crippen molar-refractivity contribution in [2.45, 2.75) is 31.0 Å². The molecule has 0 aromatic heterocycles. The van der Waals surface area contributed by atoms with Crippen molar-refractivity contribution in [2.24, 2.45) is 0 Å². The third kappa shape index (κ3) is 5.12. The number of fused-ring (bicyclic) bond motifs is 1. The summed E-state index contributed by atoms with van der Waals surface area (Å²) in [5.74, 6) is -3.85.